The Morgan fingerprint density at radius 3 is 2.86 bits per heavy atom. The maximum atomic E-state index is 11.6. The van der Waals surface area contributed by atoms with Crippen LogP contribution in [-0.4, -0.2) is 72.1 Å². The number of nitrogens with one attached hydrogen (secondary N) is 1. The Balaban J connectivity index is 1.53. The van der Waals surface area contributed by atoms with E-state index < -0.39 is 11.3 Å². The van der Waals surface area contributed by atoms with Crippen molar-refractivity contribution in [3.63, 3.8) is 0 Å². The molecule has 3 aliphatic rings. The highest BCUT2D eigenvalue weighted by atomic mass is 16.6. The zero-order valence-electron chi connectivity index (χ0n) is 20.7. The number of anilines is 1. The van der Waals surface area contributed by atoms with Crippen LogP contribution in [0.15, 0.2) is 24.5 Å². The van der Waals surface area contributed by atoms with Gasteiger partial charge in [0.15, 0.2) is 13.5 Å². The van der Waals surface area contributed by atoms with Gasteiger partial charge in [0, 0.05) is 62.2 Å². The van der Waals surface area contributed by atoms with Gasteiger partial charge < -0.3 is 33.9 Å². The van der Waals surface area contributed by atoms with Gasteiger partial charge in [-0.3, -0.25) is 4.79 Å². The van der Waals surface area contributed by atoms with Crippen molar-refractivity contribution in [1.29, 1.82) is 0 Å². The summed E-state index contributed by atoms with van der Waals surface area (Å²) in [6.07, 6.45) is 5.05. The highest BCUT2D eigenvalue weighted by Gasteiger charge is 2.46. The molecule has 0 bridgehead atoms. The summed E-state index contributed by atoms with van der Waals surface area (Å²) in [5.41, 5.74) is 2.16. The lowest BCUT2D eigenvalue weighted by Gasteiger charge is -2.40. The first-order valence-corrected chi connectivity index (χ1v) is 12.2. The van der Waals surface area contributed by atoms with E-state index in [-0.39, 0.29) is 11.8 Å². The highest BCUT2D eigenvalue weighted by Crippen LogP contribution is 2.45. The number of aromatic nitrogens is 3. The van der Waals surface area contributed by atoms with E-state index in [1.54, 1.807) is 14.0 Å². The summed E-state index contributed by atoms with van der Waals surface area (Å²) < 4.78 is 25.6. The number of fused-ring (bicyclic) bond motifs is 3. The minimum Gasteiger partial charge on any atom is -0.471 e. The number of nitrogens with zero attached hydrogens (tertiary/aromatic N) is 3. The molecule has 2 saturated heterocycles. The monoisotopic (exact) mass is 492 g/mol. The molecule has 2 fully saturated rings. The van der Waals surface area contributed by atoms with Crippen LogP contribution < -0.4 is 10.1 Å². The van der Waals surface area contributed by atoms with E-state index >= 15 is 0 Å². The van der Waals surface area contributed by atoms with Crippen LogP contribution in [0.5, 0.6) is 5.75 Å². The summed E-state index contributed by atoms with van der Waals surface area (Å²) in [7, 11) is 3.63. The second-order valence-electron chi connectivity index (χ2n) is 10.0. The molecule has 0 aromatic carbocycles. The molecule has 11 heteroatoms. The Bertz CT molecular complexity index is 1350. The molecule has 36 heavy (non-hydrogen) atoms. The number of rotatable bonds is 5. The molecular formula is C25H29BN4O6. The molecule has 0 radical (unpaired) electrons. The third kappa shape index (κ3) is 3.87. The molecule has 3 aliphatic heterocycles. The van der Waals surface area contributed by atoms with Gasteiger partial charge in [0.25, 0.3) is 0 Å². The van der Waals surface area contributed by atoms with Gasteiger partial charge in [-0.2, -0.15) is 0 Å². The molecule has 0 saturated carbocycles. The van der Waals surface area contributed by atoms with Crippen molar-refractivity contribution in [2.75, 3.05) is 38.4 Å². The molecule has 2 unspecified atom stereocenters. The predicted octanol–water partition coefficient (Wildman–Crippen LogP) is 1.09. The lowest BCUT2D eigenvalue weighted by atomic mass is 9.80. The summed E-state index contributed by atoms with van der Waals surface area (Å²) in [5, 5.41) is 14.8. The van der Waals surface area contributed by atoms with Gasteiger partial charge in [-0.1, -0.05) is 0 Å². The summed E-state index contributed by atoms with van der Waals surface area (Å²) in [5.74, 6) is 0.755. The molecular weight excluding hydrogens is 463 g/mol. The average Bonchev–Trinajstić information content (AvgIpc) is 3.37. The van der Waals surface area contributed by atoms with Crippen molar-refractivity contribution >= 4 is 30.5 Å². The number of amides is 1. The van der Waals surface area contributed by atoms with Crippen LogP contribution in [0.25, 0.3) is 22.2 Å². The number of carbonyl (C=O) groups is 1. The van der Waals surface area contributed by atoms with Crippen molar-refractivity contribution in [2.45, 2.75) is 31.1 Å². The zero-order valence-corrected chi connectivity index (χ0v) is 20.7. The molecule has 0 aliphatic carbocycles. The summed E-state index contributed by atoms with van der Waals surface area (Å²) >= 11 is 0. The highest BCUT2D eigenvalue weighted by molar-refractivity contribution is 6.13. The third-order valence-electron chi connectivity index (χ3n) is 7.40. The fourth-order valence-electron chi connectivity index (χ4n) is 5.24. The first-order chi connectivity index (χ1) is 17.3. The molecule has 2 N–H and O–H groups in total. The average molecular weight is 492 g/mol. The number of aliphatic hydroxyl groups is 1. The molecule has 3 aromatic heterocycles. The van der Waals surface area contributed by atoms with Crippen molar-refractivity contribution in [2.24, 2.45) is 13.0 Å². The van der Waals surface area contributed by atoms with Crippen LogP contribution in [-0.2, 0) is 38.1 Å². The SMILES string of the molecule is BC(O)(Oc1cc(-c2cn(C)c3cnc(NC(C)=O)cc23)nc2c1CCOC21CCOC1)C1COC1. The predicted molar refractivity (Wildman–Crippen MR) is 133 cm³/mol. The largest absolute Gasteiger partial charge is 0.471 e. The minimum absolute atomic E-state index is 0.114. The van der Waals surface area contributed by atoms with Gasteiger partial charge in [-0.15, -0.1) is 0 Å². The Hall–Kier alpha value is -2.99. The van der Waals surface area contributed by atoms with Crippen LogP contribution >= 0.6 is 0 Å². The van der Waals surface area contributed by atoms with Crippen LogP contribution in [0.3, 0.4) is 0 Å². The smallest absolute Gasteiger partial charge is 0.222 e. The minimum atomic E-state index is -1.39. The van der Waals surface area contributed by atoms with Crippen LogP contribution in [0, 0.1) is 5.92 Å². The lowest BCUT2D eigenvalue weighted by Crippen LogP contribution is -2.53. The Morgan fingerprint density at radius 2 is 2.17 bits per heavy atom. The first kappa shape index (κ1) is 23.4. The number of hydrogen-bond acceptors (Lipinski definition) is 8. The Morgan fingerprint density at radius 1 is 1.33 bits per heavy atom. The van der Waals surface area contributed by atoms with E-state index in [9.17, 15) is 9.90 Å². The van der Waals surface area contributed by atoms with E-state index in [0.717, 1.165) is 27.7 Å². The van der Waals surface area contributed by atoms with Gasteiger partial charge in [0.05, 0.1) is 55.4 Å². The second kappa shape index (κ2) is 8.55. The topological polar surface area (TPSA) is 117 Å². The van der Waals surface area contributed by atoms with E-state index in [1.807, 2.05) is 29.9 Å². The second-order valence-corrected chi connectivity index (χ2v) is 10.0. The van der Waals surface area contributed by atoms with Gasteiger partial charge in [-0.25, -0.2) is 9.97 Å². The molecule has 1 spiro atoms. The molecule has 6 heterocycles. The fourth-order valence-corrected chi connectivity index (χ4v) is 5.24. The normalized spacial score (nSPS) is 23.3. The van der Waals surface area contributed by atoms with Gasteiger partial charge in [-0.05, 0) is 6.07 Å². The van der Waals surface area contributed by atoms with Crippen molar-refractivity contribution in [3.05, 3.63) is 35.8 Å². The van der Waals surface area contributed by atoms with Gasteiger partial charge in [0.1, 0.15) is 17.2 Å². The van der Waals surface area contributed by atoms with E-state index in [4.69, 9.17) is 23.9 Å². The maximum absolute atomic E-state index is 11.6. The van der Waals surface area contributed by atoms with Crippen LogP contribution in [0.1, 0.15) is 24.6 Å². The number of carbonyl (C=O) groups excluding carboxylic acids is 1. The number of pyridine rings is 2. The van der Waals surface area contributed by atoms with Crippen molar-refractivity contribution < 1.29 is 28.8 Å². The number of ether oxygens (including phenoxy) is 4. The maximum Gasteiger partial charge on any atom is 0.222 e. The Labute approximate surface area is 209 Å². The molecule has 3 aromatic rings. The number of hydrogen-bond donors (Lipinski definition) is 2. The summed E-state index contributed by atoms with van der Waals surface area (Å²) in [4.78, 5) is 21.1. The quantitative estimate of drug-likeness (QED) is 0.402. The first-order valence-electron chi connectivity index (χ1n) is 12.2. The van der Waals surface area contributed by atoms with Gasteiger partial charge in [0.2, 0.25) is 5.91 Å². The van der Waals surface area contributed by atoms with Crippen molar-refractivity contribution in [1.82, 2.24) is 14.5 Å². The standard InChI is InChI=1S/C25H29BN4O6/c1-14(31)28-22-7-17-18(10-30(2)20(17)9-27-22)19-8-21(36-25(26,32)15-11-34-12-15)16-3-5-35-24(23(16)29-19)4-6-33-13-24/h7-10,15,32H,3-6,11-13,26H2,1-2H3,(H,27,28,31). The molecule has 188 valence electrons. The van der Waals surface area contributed by atoms with Crippen LogP contribution in [0.4, 0.5) is 5.82 Å². The summed E-state index contributed by atoms with van der Waals surface area (Å²) in [6, 6.07) is 3.75. The van der Waals surface area contributed by atoms with Crippen molar-refractivity contribution in [3.8, 4) is 17.0 Å². The van der Waals surface area contributed by atoms with E-state index in [0.29, 0.717) is 63.1 Å². The van der Waals surface area contributed by atoms with E-state index in [1.165, 1.54) is 6.92 Å². The van der Waals surface area contributed by atoms with Crippen LogP contribution in [0.2, 0.25) is 0 Å². The number of aryl methyl sites for hydroxylation is 1. The Kier molecular flexibility index (Phi) is 5.56. The zero-order chi connectivity index (χ0) is 25.1. The third-order valence-corrected chi connectivity index (χ3v) is 7.40. The van der Waals surface area contributed by atoms with E-state index in [2.05, 4.69) is 10.3 Å². The van der Waals surface area contributed by atoms with Gasteiger partial charge >= 0.3 is 0 Å². The fraction of sp³-hybridized carbons (Fsp3) is 0.480. The molecule has 10 nitrogen and oxygen atoms in total. The molecule has 1 amide bonds. The molecule has 2 atom stereocenters. The molecule has 6 rings (SSSR count). The summed E-state index contributed by atoms with van der Waals surface area (Å²) in [6.45, 7) is 3.91. The lowest BCUT2D eigenvalue weighted by molar-refractivity contribution is -0.189.